The van der Waals surface area contributed by atoms with Crippen LogP contribution in [0.2, 0.25) is 0 Å². The Labute approximate surface area is 117 Å². The van der Waals surface area contributed by atoms with Crippen LogP contribution in [0.1, 0.15) is 27.2 Å². The number of alkyl carbamates (subject to hydrolysis) is 1. The van der Waals surface area contributed by atoms with Crippen molar-refractivity contribution in [1.29, 1.82) is 0 Å². The molecule has 2 N–H and O–H groups in total. The smallest absolute Gasteiger partial charge is 0.550 e. The van der Waals surface area contributed by atoms with Gasteiger partial charge in [-0.3, -0.25) is 0 Å². The molecule has 0 fully saturated rings. The first-order valence-corrected chi connectivity index (χ1v) is 4.55. The number of nitrogens with one attached hydrogen (secondary N) is 1. The molecule has 0 saturated heterocycles. The Morgan fingerprint density at radius 2 is 1.94 bits per heavy atom. The summed E-state index contributed by atoms with van der Waals surface area (Å²) in [6.45, 7) is 4.56. The fourth-order valence-electron chi connectivity index (χ4n) is 0.837. The normalized spacial score (nSPS) is 12.2. The van der Waals surface area contributed by atoms with Gasteiger partial charge in [-0.05, 0) is 20.8 Å². The third-order valence-electron chi connectivity index (χ3n) is 1.35. The van der Waals surface area contributed by atoms with Crippen LogP contribution in [0, 0.1) is 0 Å². The van der Waals surface area contributed by atoms with Crippen molar-refractivity contribution in [2.24, 2.45) is 0 Å². The summed E-state index contributed by atoms with van der Waals surface area (Å²) in [5.74, 6) is -1.34. The molecule has 0 aliphatic heterocycles. The van der Waals surface area contributed by atoms with Gasteiger partial charge in [-0.2, -0.15) is 0 Å². The summed E-state index contributed by atoms with van der Waals surface area (Å²) in [6.07, 6.45) is -1.21. The van der Waals surface area contributed by atoms with Gasteiger partial charge < -0.3 is 25.1 Å². The Balaban J connectivity index is 0. The molecule has 0 bridgehead atoms. The molecule has 0 aliphatic carbocycles. The molecule has 0 aromatic rings. The van der Waals surface area contributed by atoms with Crippen molar-refractivity contribution in [3.63, 3.8) is 0 Å². The summed E-state index contributed by atoms with van der Waals surface area (Å²) in [5.41, 5.74) is -0.661. The molecule has 0 aliphatic rings. The Hall–Kier alpha value is -0.300. The van der Waals surface area contributed by atoms with Gasteiger partial charge in [0.2, 0.25) is 0 Å². The summed E-state index contributed by atoms with van der Waals surface area (Å²) >= 11 is 0. The zero-order valence-electron chi connectivity index (χ0n) is 10.1. The van der Waals surface area contributed by atoms with Gasteiger partial charge in [0, 0.05) is 12.4 Å². The maximum atomic E-state index is 11.2. The molecule has 88 valence electrons. The van der Waals surface area contributed by atoms with E-state index in [9.17, 15) is 14.7 Å². The SMILES string of the molecule is CC(C)(C)OC(=O)N[C@@H](CO)CC(=O)[O-].[Na+]. The molecule has 0 heterocycles. The average Bonchev–Trinajstić information content (AvgIpc) is 1.98. The van der Waals surface area contributed by atoms with Gasteiger partial charge >= 0.3 is 35.7 Å². The first-order valence-electron chi connectivity index (χ1n) is 4.55. The standard InChI is InChI=1S/C9H17NO5.Na/c1-9(2,3)15-8(14)10-6(5-11)4-7(12)13;/h6,11H,4-5H2,1-3H3,(H,10,14)(H,12,13);/q;+1/p-1/t6-;/m1./s1. The van der Waals surface area contributed by atoms with E-state index in [0.717, 1.165) is 0 Å². The Morgan fingerprint density at radius 1 is 1.44 bits per heavy atom. The number of ether oxygens (including phenoxy) is 1. The van der Waals surface area contributed by atoms with E-state index in [1.165, 1.54) is 0 Å². The fraction of sp³-hybridized carbons (Fsp3) is 0.778. The Morgan fingerprint density at radius 3 is 2.25 bits per heavy atom. The molecular formula is C9H16NNaO5. The number of carboxylic acids is 1. The second-order valence-corrected chi connectivity index (χ2v) is 4.10. The van der Waals surface area contributed by atoms with Crippen molar-refractivity contribution >= 4 is 12.1 Å². The number of carbonyl (C=O) groups is 2. The topological polar surface area (TPSA) is 98.7 Å². The third-order valence-corrected chi connectivity index (χ3v) is 1.35. The second kappa shape index (κ2) is 7.89. The molecule has 7 heteroatoms. The van der Waals surface area contributed by atoms with E-state index in [0.29, 0.717) is 0 Å². The van der Waals surface area contributed by atoms with Crippen molar-refractivity contribution in [2.45, 2.75) is 38.8 Å². The van der Waals surface area contributed by atoms with E-state index in [1.807, 2.05) is 0 Å². The van der Waals surface area contributed by atoms with Crippen LogP contribution in [0.4, 0.5) is 4.79 Å². The fourth-order valence-corrected chi connectivity index (χ4v) is 0.837. The predicted molar refractivity (Wildman–Crippen MR) is 49.9 cm³/mol. The molecule has 6 nitrogen and oxygen atoms in total. The zero-order chi connectivity index (χ0) is 12.1. The number of carbonyl (C=O) groups excluding carboxylic acids is 2. The van der Waals surface area contributed by atoms with Crippen LogP contribution in [-0.4, -0.2) is 35.4 Å². The van der Waals surface area contributed by atoms with Crippen LogP contribution in [-0.2, 0) is 9.53 Å². The molecule has 1 atom stereocenters. The molecule has 0 unspecified atom stereocenters. The molecule has 0 spiro atoms. The van der Waals surface area contributed by atoms with Gasteiger partial charge in [-0.25, -0.2) is 4.79 Å². The molecule has 0 aromatic carbocycles. The number of amides is 1. The predicted octanol–water partition coefficient (Wildman–Crippen LogP) is -3.98. The van der Waals surface area contributed by atoms with Crippen LogP contribution >= 0.6 is 0 Å². The molecule has 16 heavy (non-hydrogen) atoms. The van der Waals surface area contributed by atoms with Gasteiger partial charge in [-0.15, -0.1) is 0 Å². The summed E-state index contributed by atoms with van der Waals surface area (Å²) < 4.78 is 4.88. The first-order chi connectivity index (χ1) is 6.74. The largest absolute Gasteiger partial charge is 1.00 e. The minimum atomic E-state index is -1.34. The van der Waals surface area contributed by atoms with E-state index >= 15 is 0 Å². The first kappa shape index (κ1) is 18.1. The number of aliphatic hydroxyl groups excluding tert-OH is 1. The van der Waals surface area contributed by atoms with Crippen molar-refractivity contribution < 1.29 is 54.1 Å². The van der Waals surface area contributed by atoms with Crippen molar-refractivity contribution in [1.82, 2.24) is 5.32 Å². The minimum Gasteiger partial charge on any atom is -0.550 e. The summed E-state index contributed by atoms with van der Waals surface area (Å²) in [4.78, 5) is 21.4. The molecule has 0 rings (SSSR count). The van der Waals surface area contributed by atoms with Crippen molar-refractivity contribution in [3.05, 3.63) is 0 Å². The van der Waals surface area contributed by atoms with Gasteiger partial charge in [0.25, 0.3) is 0 Å². The summed E-state index contributed by atoms with van der Waals surface area (Å²) in [6, 6.07) is -0.884. The second-order valence-electron chi connectivity index (χ2n) is 4.10. The Bertz CT molecular complexity index is 239. The average molecular weight is 241 g/mol. The van der Waals surface area contributed by atoms with E-state index in [4.69, 9.17) is 9.84 Å². The quantitative estimate of drug-likeness (QED) is 0.489. The minimum absolute atomic E-state index is 0. The van der Waals surface area contributed by atoms with E-state index < -0.39 is 36.7 Å². The number of rotatable bonds is 4. The van der Waals surface area contributed by atoms with Crippen molar-refractivity contribution in [3.8, 4) is 0 Å². The number of hydrogen-bond acceptors (Lipinski definition) is 5. The molecular weight excluding hydrogens is 225 g/mol. The molecule has 0 saturated carbocycles. The molecule has 0 aromatic heterocycles. The van der Waals surface area contributed by atoms with Crippen LogP contribution in [0.5, 0.6) is 0 Å². The number of carboxylic acid groups (broad SMARTS) is 1. The van der Waals surface area contributed by atoms with Gasteiger partial charge in [0.05, 0.1) is 12.6 Å². The van der Waals surface area contributed by atoms with Crippen LogP contribution in [0.3, 0.4) is 0 Å². The van der Waals surface area contributed by atoms with E-state index in [1.54, 1.807) is 20.8 Å². The van der Waals surface area contributed by atoms with Gasteiger partial charge in [-0.1, -0.05) is 0 Å². The number of aliphatic hydroxyl groups is 1. The summed E-state index contributed by atoms with van der Waals surface area (Å²) in [7, 11) is 0. The number of hydrogen-bond donors (Lipinski definition) is 2. The Kier molecular flexibility index (Phi) is 8.91. The van der Waals surface area contributed by atoms with E-state index in [2.05, 4.69) is 5.32 Å². The van der Waals surface area contributed by atoms with E-state index in [-0.39, 0.29) is 29.6 Å². The zero-order valence-corrected chi connectivity index (χ0v) is 12.1. The van der Waals surface area contributed by atoms with Crippen LogP contribution in [0.15, 0.2) is 0 Å². The molecule has 0 radical (unpaired) electrons. The third kappa shape index (κ3) is 10.2. The monoisotopic (exact) mass is 241 g/mol. The van der Waals surface area contributed by atoms with Crippen molar-refractivity contribution in [2.75, 3.05) is 6.61 Å². The van der Waals surface area contributed by atoms with Gasteiger partial charge in [0.1, 0.15) is 5.60 Å². The van der Waals surface area contributed by atoms with Crippen LogP contribution in [0.25, 0.3) is 0 Å². The number of aliphatic carboxylic acids is 1. The summed E-state index contributed by atoms with van der Waals surface area (Å²) in [5, 5.41) is 21.2. The maximum absolute atomic E-state index is 11.2. The van der Waals surface area contributed by atoms with Gasteiger partial charge in [0.15, 0.2) is 0 Å². The maximum Gasteiger partial charge on any atom is 1.00 e. The van der Waals surface area contributed by atoms with Crippen LogP contribution < -0.4 is 40.0 Å². The molecule has 1 amide bonds.